The van der Waals surface area contributed by atoms with Crippen LogP contribution in [-0.4, -0.2) is 49.4 Å². The molecular formula is C21H26F3N5O3S. The Balaban J connectivity index is 1.58. The van der Waals surface area contributed by atoms with Crippen molar-refractivity contribution in [3.63, 3.8) is 0 Å². The first-order valence-corrected chi connectivity index (χ1v) is 12.1. The third-order valence-corrected chi connectivity index (χ3v) is 7.42. The maximum absolute atomic E-state index is 13.5. The molecule has 12 heteroatoms. The number of sulfonamides is 1. The molecule has 2 N–H and O–H groups in total. The van der Waals surface area contributed by atoms with Gasteiger partial charge in [-0.05, 0) is 74.9 Å². The van der Waals surface area contributed by atoms with Crippen LogP contribution in [0.3, 0.4) is 0 Å². The number of alkyl halides is 3. The fourth-order valence-corrected chi connectivity index (χ4v) is 5.75. The lowest BCUT2D eigenvalue weighted by Crippen LogP contribution is -2.35. The van der Waals surface area contributed by atoms with Gasteiger partial charge in [-0.25, -0.2) is 9.52 Å². The monoisotopic (exact) mass is 485 g/mol. The lowest BCUT2D eigenvalue weighted by atomic mass is 9.99. The predicted molar refractivity (Wildman–Crippen MR) is 116 cm³/mol. The van der Waals surface area contributed by atoms with Gasteiger partial charge >= 0.3 is 12.2 Å². The molecule has 1 aromatic heterocycles. The Hall–Kier alpha value is -2.60. The molecule has 0 saturated carbocycles. The van der Waals surface area contributed by atoms with Crippen molar-refractivity contribution < 1.29 is 26.4 Å². The Morgan fingerprint density at radius 3 is 2.18 bits per heavy atom. The summed E-state index contributed by atoms with van der Waals surface area (Å²) >= 11 is 0. The van der Waals surface area contributed by atoms with Crippen LogP contribution in [0.15, 0.2) is 17.2 Å². The summed E-state index contributed by atoms with van der Waals surface area (Å²) in [7, 11) is -0.789. The highest BCUT2D eigenvalue weighted by molar-refractivity contribution is 7.90. The first kappa shape index (κ1) is 23.6. The SMILES string of the molecule is CN(C)C(c1cc(S(=O)(=O)NC(=O)Nc2c3c(cc4c2CCC4)CCC3)nn1C)C(F)(F)F. The van der Waals surface area contributed by atoms with Crippen LogP contribution in [0.1, 0.15) is 46.8 Å². The number of hydrogen-bond acceptors (Lipinski definition) is 5. The van der Waals surface area contributed by atoms with Crippen LogP contribution in [0.4, 0.5) is 23.7 Å². The lowest BCUT2D eigenvalue weighted by molar-refractivity contribution is -0.181. The number of nitrogens with one attached hydrogen (secondary N) is 2. The molecule has 1 heterocycles. The summed E-state index contributed by atoms with van der Waals surface area (Å²) in [6.45, 7) is 0. The maximum atomic E-state index is 13.5. The van der Waals surface area contributed by atoms with E-state index in [4.69, 9.17) is 0 Å². The summed E-state index contributed by atoms with van der Waals surface area (Å²) in [6.07, 6.45) is 0.735. The van der Waals surface area contributed by atoms with Crippen molar-refractivity contribution in [3.8, 4) is 0 Å². The minimum Gasteiger partial charge on any atom is -0.307 e. The van der Waals surface area contributed by atoms with Gasteiger partial charge in [-0.2, -0.15) is 26.7 Å². The van der Waals surface area contributed by atoms with E-state index in [9.17, 15) is 26.4 Å². The summed E-state index contributed by atoms with van der Waals surface area (Å²) < 4.78 is 68.8. The van der Waals surface area contributed by atoms with Gasteiger partial charge in [0, 0.05) is 18.8 Å². The molecule has 33 heavy (non-hydrogen) atoms. The molecule has 0 bridgehead atoms. The highest BCUT2D eigenvalue weighted by Gasteiger charge is 2.45. The molecule has 1 unspecified atom stereocenters. The number of carbonyl (C=O) groups is 1. The number of hydrogen-bond donors (Lipinski definition) is 2. The predicted octanol–water partition coefficient (Wildman–Crippen LogP) is 3.07. The van der Waals surface area contributed by atoms with E-state index in [0.717, 1.165) is 65.3 Å². The number of aryl methyl sites for hydroxylation is 3. The van der Waals surface area contributed by atoms with Crippen molar-refractivity contribution in [2.45, 2.75) is 55.8 Å². The number of aromatic nitrogens is 2. The fraction of sp³-hybridized carbons (Fsp3) is 0.524. The van der Waals surface area contributed by atoms with Gasteiger partial charge in [-0.1, -0.05) is 6.07 Å². The lowest BCUT2D eigenvalue weighted by Gasteiger charge is -2.26. The number of carbonyl (C=O) groups excluding carboxylic acids is 1. The number of fused-ring (bicyclic) bond motifs is 2. The van der Waals surface area contributed by atoms with Crippen molar-refractivity contribution >= 4 is 21.7 Å². The molecule has 4 rings (SSSR count). The second kappa shape index (κ2) is 8.32. The van der Waals surface area contributed by atoms with E-state index in [1.807, 2.05) is 4.72 Å². The van der Waals surface area contributed by atoms with E-state index < -0.39 is 33.3 Å². The number of benzene rings is 1. The van der Waals surface area contributed by atoms with Crippen LogP contribution < -0.4 is 10.0 Å². The zero-order valence-corrected chi connectivity index (χ0v) is 19.4. The van der Waals surface area contributed by atoms with Crippen molar-refractivity contribution in [1.29, 1.82) is 0 Å². The molecule has 0 radical (unpaired) electrons. The van der Waals surface area contributed by atoms with Gasteiger partial charge < -0.3 is 5.32 Å². The Labute approximate surface area is 190 Å². The van der Waals surface area contributed by atoms with E-state index in [1.165, 1.54) is 32.3 Å². The third-order valence-electron chi connectivity index (χ3n) is 6.21. The molecule has 1 atom stereocenters. The highest BCUT2D eigenvalue weighted by atomic mass is 32.2. The van der Waals surface area contributed by atoms with Crippen molar-refractivity contribution in [2.24, 2.45) is 7.05 Å². The van der Waals surface area contributed by atoms with Gasteiger partial charge in [-0.15, -0.1) is 0 Å². The maximum Gasteiger partial charge on any atom is 0.409 e. The smallest absolute Gasteiger partial charge is 0.307 e. The molecular weight excluding hydrogens is 459 g/mol. The second-order valence-electron chi connectivity index (χ2n) is 8.73. The molecule has 0 fully saturated rings. The molecule has 2 aromatic rings. The number of anilines is 1. The number of urea groups is 1. The highest BCUT2D eigenvalue weighted by Crippen LogP contribution is 2.39. The summed E-state index contributed by atoms with van der Waals surface area (Å²) in [4.78, 5) is 13.6. The fourth-order valence-electron chi connectivity index (χ4n) is 4.85. The van der Waals surface area contributed by atoms with Crippen LogP contribution in [0.5, 0.6) is 0 Å². The van der Waals surface area contributed by atoms with Gasteiger partial charge in [-0.3, -0.25) is 9.58 Å². The van der Waals surface area contributed by atoms with Gasteiger partial charge in [0.2, 0.25) is 0 Å². The normalized spacial score (nSPS) is 16.6. The summed E-state index contributed by atoms with van der Waals surface area (Å²) in [5.41, 5.74) is 4.71. The van der Waals surface area contributed by atoms with Crippen molar-refractivity contribution in [1.82, 2.24) is 19.4 Å². The third kappa shape index (κ3) is 4.45. The van der Waals surface area contributed by atoms with Crippen molar-refractivity contribution in [3.05, 3.63) is 40.1 Å². The van der Waals surface area contributed by atoms with E-state index in [2.05, 4.69) is 16.5 Å². The summed E-state index contributed by atoms with van der Waals surface area (Å²) in [5.74, 6) is 0. The molecule has 1 aromatic carbocycles. The van der Waals surface area contributed by atoms with Crippen LogP contribution in [0.2, 0.25) is 0 Å². The second-order valence-corrected chi connectivity index (χ2v) is 10.4. The molecule has 2 aliphatic rings. The zero-order valence-electron chi connectivity index (χ0n) is 18.6. The Morgan fingerprint density at radius 1 is 1.09 bits per heavy atom. The molecule has 0 aliphatic heterocycles. The minimum atomic E-state index is -4.64. The molecule has 0 spiro atoms. The van der Waals surface area contributed by atoms with E-state index in [0.29, 0.717) is 5.69 Å². The van der Waals surface area contributed by atoms with E-state index in [1.54, 1.807) is 0 Å². The first-order valence-electron chi connectivity index (χ1n) is 10.7. The van der Waals surface area contributed by atoms with Gasteiger partial charge in [0.25, 0.3) is 10.0 Å². The summed E-state index contributed by atoms with van der Waals surface area (Å²) in [5, 5.41) is 5.78. The summed E-state index contributed by atoms with van der Waals surface area (Å²) in [6, 6.07) is 0.00630. The molecule has 2 aliphatic carbocycles. The Morgan fingerprint density at radius 2 is 1.67 bits per heavy atom. The molecule has 0 saturated heterocycles. The van der Waals surface area contributed by atoms with Gasteiger partial charge in [0.1, 0.15) is 6.04 Å². The standard InChI is InChI=1S/C21H26F3N5O3S/c1-28(2)19(21(22,23)24)16-11-17(26-29(16)3)33(31,32)27-20(30)25-18-14-8-4-6-12(14)10-13-7-5-9-15(13)18/h10-11,19H,4-9H2,1-3H3,(H2,25,27,30). The van der Waals surface area contributed by atoms with Gasteiger partial charge in [0.05, 0.1) is 5.69 Å². The number of rotatable bonds is 5. The van der Waals surface area contributed by atoms with Crippen LogP contribution >= 0.6 is 0 Å². The molecule has 8 nitrogen and oxygen atoms in total. The topological polar surface area (TPSA) is 96.3 Å². The van der Waals surface area contributed by atoms with E-state index in [-0.39, 0.29) is 5.69 Å². The zero-order chi connectivity index (χ0) is 24.1. The molecule has 2 amide bonds. The minimum absolute atomic E-state index is 0.355. The Kier molecular flexibility index (Phi) is 5.94. The average Bonchev–Trinajstić information content (AvgIpc) is 3.40. The average molecular weight is 486 g/mol. The largest absolute Gasteiger partial charge is 0.409 e. The van der Waals surface area contributed by atoms with Crippen LogP contribution in [-0.2, 0) is 42.8 Å². The van der Waals surface area contributed by atoms with Crippen molar-refractivity contribution in [2.75, 3.05) is 19.4 Å². The molecule has 180 valence electrons. The van der Waals surface area contributed by atoms with Crippen LogP contribution in [0, 0.1) is 0 Å². The quantitative estimate of drug-likeness (QED) is 0.679. The van der Waals surface area contributed by atoms with E-state index >= 15 is 0 Å². The number of halogens is 3. The first-order chi connectivity index (χ1) is 15.4. The Bertz CT molecular complexity index is 1170. The number of nitrogens with zero attached hydrogens (tertiary/aromatic N) is 3. The van der Waals surface area contributed by atoms with Crippen LogP contribution in [0.25, 0.3) is 0 Å². The van der Waals surface area contributed by atoms with Gasteiger partial charge in [0.15, 0.2) is 5.03 Å². The number of amides is 2.